The summed E-state index contributed by atoms with van der Waals surface area (Å²) in [5.74, 6) is 0.0232. The largest absolute Gasteiger partial charge is 0.503 e. The molecule has 0 aliphatic heterocycles. The Kier molecular flexibility index (Phi) is 6.74. The van der Waals surface area contributed by atoms with Gasteiger partial charge in [0.1, 0.15) is 0 Å². The molecule has 7 heteroatoms. The quantitative estimate of drug-likeness (QED) is 0.890. The molecule has 0 aliphatic rings. The number of hydrogen-bond donors (Lipinski definition) is 2. The second kappa shape index (κ2) is 6.98. The van der Waals surface area contributed by atoms with Gasteiger partial charge in [-0.1, -0.05) is 0 Å². The van der Waals surface area contributed by atoms with Crippen molar-refractivity contribution in [3.05, 3.63) is 22.2 Å². The Labute approximate surface area is 112 Å². The normalized spacial score (nSPS) is 12.1. The molecule has 0 fully saturated rings. The Morgan fingerprint density at radius 1 is 1.47 bits per heavy atom. The minimum atomic E-state index is -2.66. The average Bonchev–Trinajstić information content (AvgIpc) is 2.23. The van der Waals surface area contributed by atoms with Crippen LogP contribution in [0, 0.1) is 0 Å². The summed E-state index contributed by atoms with van der Waals surface area (Å²) in [6.07, 6.45) is -2.66. The molecule has 3 nitrogen and oxygen atoms in total. The number of nitrogens with two attached hydrogens (primary N) is 1. The van der Waals surface area contributed by atoms with Crippen molar-refractivity contribution in [3.63, 3.8) is 0 Å². The van der Waals surface area contributed by atoms with Gasteiger partial charge in [-0.15, -0.1) is 12.4 Å². The fourth-order valence-corrected chi connectivity index (χ4v) is 1.66. The lowest BCUT2D eigenvalue weighted by atomic mass is 10.1. The maximum absolute atomic E-state index is 12.4. The fourth-order valence-electron chi connectivity index (χ4n) is 1.20. The van der Waals surface area contributed by atoms with Crippen LogP contribution in [0.3, 0.4) is 0 Å². The first-order valence-electron chi connectivity index (χ1n) is 4.66. The predicted molar refractivity (Wildman–Crippen MR) is 67.2 cm³/mol. The molecule has 0 radical (unpaired) electrons. The molecule has 0 bridgehead atoms. The molecule has 0 aromatic heterocycles. The molecular formula is C10H13BrClF2NO2. The van der Waals surface area contributed by atoms with Crippen LogP contribution in [0.4, 0.5) is 8.78 Å². The number of aromatic hydroxyl groups is 1. The molecule has 0 heterocycles. The van der Waals surface area contributed by atoms with Crippen molar-refractivity contribution in [2.45, 2.75) is 19.4 Å². The van der Waals surface area contributed by atoms with Crippen LogP contribution in [0.25, 0.3) is 0 Å². The summed E-state index contributed by atoms with van der Waals surface area (Å²) in [6, 6.07) is 1.28. The first kappa shape index (κ1) is 16.4. The second-order valence-electron chi connectivity index (χ2n) is 3.14. The SMILES string of the molecule is CCOc1cc([C@H](N)C(F)F)cc(Br)c1O.Cl. The van der Waals surface area contributed by atoms with Gasteiger partial charge in [-0.3, -0.25) is 0 Å². The van der Waals surface area contributed by atoms with E-state index in [1.807, 2.05) is 0 Å². The summed E-state index contributed by atoms with van der Waals surface area (Å²) < 4.78 is 30.2. The molecule has 1 rings (SSSR count). The number of benzene rings is 1. The number of phenolic OH excluding ortho intramolecular Hbond substituents is 1. The molecule has 1 atom stereocenters. The van der Waals surface area contributed by atoms with Gasteiger partial charge in [0.25, 0.3) is 6.43 Å². The Hall–Kier alpha value is -0.590. The van der Waals surface area contributed by atoms with E-state index in [9.17, 15) is 13.9 Å². The van der Waals surface area contributed by atoms with Crippen molar-refractivity contribution in [3.8, 4) is 11.5 Å². The molecule has 17 heavy (non-hydrogen) atoms. The van der Waals surface area contributed by atoms with Crippen molar-refractivity contribution < 1.29 is 18.6 Å². The van der Waals surface area contributed by atoms with Gasteiger partial charge < -0.3 is 15.6 Å². The molecule has 0 amide bonds. The topological polar surface area (TPSA) is 55.5 Å². The van der Waals surface area contributed by atoms with Gasteiger partial charge in [-0.25, -0.2) is 8.78 Å². The summed E-state index contributed by atoms with van der Waals surface area (Å²) in [5, 5.41) is 9.57. The van der Waals surface area contributed by atoms with E-state index >= 15 is 0 Å². The lowest BCUT2D eigenvalue weighted by Crippen LogP contribution is -2.19. The minimum absolute atomic E-state index is 0. The highest BCUT2D eigenvalue weighted by atomic mass is 79.9. The zero-order valence-corrected chi connectivity index (χ0v) is 11.4. The molecule has 3 N–H and O–H groups in total. The molecule has 0 saturated heterocycles. The third kappa shape index (κ3) is 3.97. The highest BCUT2D eigenvalue weighted by Gasteiger charge is 2.20. The molecule has 1 aromatic rings. The summed E-state index contributed by atoms with van der Waals surface area (Å²) >= 11 is 3.05. The van der Waals surface area contributed by atoms with Crippen molar-refractivity contribution in [1.29, 1.82) is 0 Å². The summed E-state index contributed by atoms with van der Waals surface area (Å²) in [6.45, 7) is 2.06. The van der Waals surface area contributed by atoms with Crippen LogP contribution in [0.1, 0.15) is 18.5 Å². The van der Waals surface area contributed by atoms with Crippen LogP contribution in [0.15, 0.2) is 16.6 Å². The Balaban J connectivity index is 0.00000256. The first-order valence-corrected chi connectivity index (χ1v) is 5.45. The summed E-state index contributed by atoms with van der Waals surface area (Å²) in [5.41, 5.74) is 5.52. The molecule has 98 valence electrons. The second-order valence-corrected chi connectivity index (χ2v) is 4.00. The smallest absolute Gasteiger partial charge is 0.257 e. The highest BCUT2D eigenvalue weighted by molar-refractivity contribution is 9.10. The van der Waals surface area contributed by atoms with Crippen molar-refractivity contribution >= 4 is 28.3 Å². The lowest BCUT2D eigenvalue weighted by molar-refractivity contribution is 0.116. The van der Waals surface area contributed by atoms with E-state index in [2.05, 4.69) is 15.9 Å². The van der Waals surface area contributed by atoms with Gasteiger partial charge in [0.15, 0.2) is 11.5 Å². The van der Waals surface area contributed by atoms with Crippen LogP contribution >= 0.6 is 28.3 Å². The number of alkyl halides is 2. The van der Waals surface area contributed by atoms with E-state index in [4.69, 9.17) is 10.5 Å². The van der Waals surface area contributed by atoms with Crippen LogP contribution in [0.5, 0.6) is 11.5 Å². The van der Waals surface area contributed by atoms with Gasteiger partial charge >= 0.3 is 0 Å². The van der Waals surface area contributed by atoms with E-state index in [1.165, 1.54) is 12.1 Å². The van der Waals surface area contributed by atoms with Crippen LogP contribution < -0.4 is 10.5 Å². The number of phenols is 1. The standard InChI is InChI=1S/C10H12BrF2NO2.ClH/c1-2-16-7-4-5(8(14)10(12)13)3-6(11)9(7)15;/h3-4,8,10,15H,2,14H2,1H3;1H/t8-;/m0./s1. The number of hydrogen-bond acceptors (Lipinski definition) is 3. The molecule has 1 aromatic carbocycles. The van der Waals surface area contributed by atoms with E-state index in [0.717, 1.165) is 0 Å². The number of halogens is 4. The van der Waals surface area contributed by atoms with Crippen LogP contribution in [-0.4, -0.2) is 18.1 Å². The molecule has 0 unspecified atom stereocenters. The first-order chi connectivity index (χ1) is 7.47. The zero-order chi connectivity index (χ0) is 12.3. The molecule has 0 aliphatic carbocycles. The van der Waals surface area contributed by atoms with Crippen LogP contribution in [0.2, 0.25) is 0 Å². The summed E-state index contributed by atoms with van der Waals surface area (Å²) in [4.78, 5) is 0. The molecular weight excluding hydrogens is 319 g/mol. The Bertz CT molecular complexity index is 380. The Morgan fingerprint density at radius 2 is 2.06 bits per heavy atom. The van der Waals surface area contributed by atoms with E-state index in [-0.39, 0.29) is 33.9 Å². The van der Waals surface area contributed by atoms with E-state index < -0.39 is 12.5 Å². The van der Waals surface area contributed by atoms with Crippen molar-refractivity contribution in [2.24, 2.45) is 5.73 Å². The van der Waals surface area contributed by atoms with Crippen molar-refractivity contribution in [2.75, 3.05) is 6.61 Å². The predicted octanol–water partition coefficient (Wildman–Crippen LogP) is 3.24. The maximum Gasteiger partial charge on any atom is 0.257 e. The van der Waals surface area contributed by atoms with Gasteiger partial charge in [-0.05, 0) is 40.5 Å². The average molecular weight is 333 g/mol. The van der Waals surface area contributed by atoms with Gasteiger partial charge in [-0.2, -0.15) is 0 Å². The van der Waals surface area contributed by atoms with Gasteiger partial charge in [0.05, 0.1) is 17.1 Å². The third-order valence-electron chi connectivity index (χ3n) is 2.01. The van der Waals surface area contributed by atoms with Gasteiger partial charge in [0, 0.05) is 0 Å². The monoisotopic (exact) mass is 331 g/mol. The number of rotatable bonds is 4. The Morgan fingerprint density at radius 3 is 2.53 bits per heavy atom. The lowest BCUT2D eigenvalue weighted by Gasteiger charge is -2.14. The minimum Gasteiger partial charge on any atom is -0.503 e. The van der Waals surface area contributed by atoms with Crippen molar-refractivity contribution in [1.82, 2.24) is 0 Å². The third-order valence-corrected chi connectivity index (χ3v) is 2.61. The molecule has 0 spiro atoms. The fraction of sp³-hybridized carbons (Fsp3) is 0.400. The summed E-state index contributed by atoms with van der Waals surface area (Å²) in [7, 11) is 0. The van der Waals surface area contributed by atoms with E-state index in [0.29, 0.717) is 6.61 Å². The van der Waals surface area contributed by atoms with E-state index in [1.54, 1.807) is 6.92 Å². The maximum atomic E-state index is 12.4. The molecule has 0 saturated carbocycles. The number of ether oxygens (including phenoxy) is 1. The van der Waals surface area contributed by atoms with Gasteiger partial charge in [0.2, 0.25) is 0 Å². The zero-order valence-electron chi connectivity index (χ0n) is 8.99. The van der Waals surface area contributed by atoms with Crippen LogP contribution in [-0.2, 0) is 0 Å². The highest BCUT2D eigenvalue weighted by Crippen LogP contribution is 2.37.